The maximum atomic E-state index is 12.7. The van der Waals surface area contributed by atoms with Crippen LogP contribution in [-0.4, -0.2) is 35.2 Å². The van der Waals surface area contributed by atoms with Crippen LogP contribution in [0.3, 0.4) is 0 Å². The monoisotopic (exact) mass is 363 g/mol. The molecule has 1 aliphatic rings. The first-order chi connectivity index (χ1) is 12.1. The molecule has 0 radical (unpaired) electrons. The van der Waals surface area contributed by atoms with Crippen LogP contribution >= 0.6 is 11.3 Å². The lowest BCUT2D eigenvalue weighted by molar-refractivity contribution is -0.121. The summed E-state index contributed by atoms with van der Waals surface area (Å²) >= 11 is 1.61. The molecule has 0 saturated heterocycles. The molecule has 0 aliphatic heterocycles. The third-order valence-corrected chi connectivity index (χ3v) is 5.61. The first-order valence-corrected chi connectivity index (χ1v) is 9.72. The summed E-state index contributed by atoms with van der Waals surface area (Å²) in [4.78, 5) is 31.2. The maximum absolute atomic E-state index is 12.7. The number of hydrogen-bond donors (Lipinski definition) is 1. The molecule has 0 fully saturated rings. The lowest BCUT2D eigenvalue weighted by atomic mass is 10.1. The quantitative estimate of drug-likeness (QED) is 0.729. The van der Waals surface area contributed by atoms with Gasteiger partial charge in [-0.1, -0.05) is 13.8 Å². The molecule has 2 aromatic rings. The molecule has 1 N–H and O–H groups in total. The number of amides is 1. The molecule has 7 heteroatoms. The number of thiophene rings is 1. The topological polar surface area (TPSA) is 73.2 Å². The number of fused-ring (bicyclic) bond motifs is 3. The fourth-order valence-corrected chi connectivity index (χ4v) is 4.25. The highest BCUT2D eigenvalue weighted by Crippen LogP contribution is 2.34. The molecule has 0 spiro atoms. The van der Waals surface area contributed by atoms with Gasteiger partial charge in [-0.05, 0) is 37.2 Å². The molecule has 0 atom stereocenters. The zero-order chi connectivity index (χ0) is 17.8. The smallest absolute Gasteiger partial charge is 0.262 e. The highest BCUT2D eigenvalue weighted by atomic mass is 32.1. The number of nitrogens with one attached hydrogen (secondary N) is 1. The minimum atomic E-state index is -0.192. The van der Waals surface area contributed by atoms with Gasteiger partial charge in [0, 0.05) is 18.0 Å². The van der Waals surface area contributed by atoms with Gasteiger partial charge in [0.1, 0.15) is 11.4 Å². The third-order valence-electron chi connectivity index (χ3n) is 4.41. The molecular formula is C18H25N3O3S. The summed E-state index contributed by atoms with van der Waals surface area (Å²) < 4.78 is 6.88. The summed E-state index contributed by atoms with van der Waals surface area (Å²) in [5, 5.41) is 3.50. The lowest BCUT2D eigenvalue weighted by Gasteiger charge is -2.09. The minimum Gasteiger partial charge on any atom is -0.380 e. The fraction of sp³-hybridized carbons (Fsp3) is 0.611. The second kappa shape index (κ2) is 8.10. The van der Waals surface area contributed by atoms with E-state index in [2.05, 4.69) is 24.1 Å². The van der Waals surface area contributed by atoms with E-state index in [0.717, 1.165) is 36.1 Å². The Morgan fingerprint density at radius 3 is 3.04 bits per heavy atom. The Labute approximate surface area is 151 Å². The summed E-state index contributed by atoms with van der Waals surface area (Å²) in [6, 6.07) is 0. The van der Waals surface area contributed by atoms with Crippen LogP contribution in [0.2, 0.25) is 0 Å². The van der Waals surface area contributed by atoms with E-state index < -0.39 is 0 Å². The Morgan fingerprint density at radius 2 is 2.24 bits per heavy atom. The Morgan fingerprint density at radius 1 is 1.40 bits per heavy atom. The molecule has 0 bridgehead atoms. The minimum absolute atomic E-state index is 0.00160. The van der Waals surface area contributed by atoms with Gasteiger partial charge in [0.15, 0.2) is 0 Å². The van der Waals surface area contributed by atoms with E-state index in [9.17, 15) is 9.59 Å². The molecule has 0 unspecified atom stereocenters. The summed E-state index contributed by atoms with van der Waals surface area (Å²) in [7, 11) is 0. The number of rotatable bonds is 8. The second-order valence-corrected chi connectivity index (χ2v) is 7.94. The highest BCUT2D eigenvalue weighted by molar-refractivity contribution is 7.18. The van der Waals surface area contributed by atoms with Gasteiger partial charge in [0.25, 0.3) is 5.56 Å². The van der Waals surface area contributed by atoms with Crippen molar-refractivity contribution in [1.82, 2.24) is 14.9 Å². The van der Waals surface area contributed by atoms with Crippen molar-refractivity contribution in [2.45, 2.75) is 46.1 Å². The number of ether oxygens (including phenoxy) is 1. The predicted octanol–water partition coefficient (Wildman–Crippen LogP) is 2.13. The molecule has 1 amide bonds. The summed E-state index contributed by atoms with van der Waals surface area (Å²) in [6.45, 7) is 5.94. The standard InChI is InChI=1S/C18H25N3O3S/c1-12(2)6-8-24-9-7-19-15(22)10-21-11-20-17-16(18(21)23)13-4-3-5-14(13)25-17/h11-12H,3-10H2,1-2H3,(H,19,22). The number of hydrogen-bond acceptors (Lipinski definition) is 5. The SMILES string of the molecule is CC(C)CCOCCNC(=O)Cn1cnc2sc3c(c2c1=O)CCC3. The van der Waals surface area contributed by atoms with E-state index in [0.29, 0.717) is 31.1 Å². The van der Waals surface area contributed by atoms with Gasteiger partial charge in [-0.15, -0.1) is 11.3 Å². The molecule has 0 aromatic carbocycles. The van der Waals surface area contributed by atoms with Crippen molar-refractivity contribution in [3.63, 3.8) is 0 Å². The van der Waals surface area contributed by atoms with Crippen molar-refractivity contribution >= 4 is 27.5 Å². The summed E-state index contributed by atoms with van der Waals surface area (Å²) in [5.74, 6) is 0.421. The van der Waals surface area contributed by atoms with Crippen LogP contribution in [-0.2, 0) is 28.9 Å². The molecule has 2 aromatic heterocycles. The Hall–Kier alpha value is -1.73. The van der Waals surface area contributed by atoms with Crippen molar-refractivity contribution in [3.05, 3.63) is 27.1 Å². The number of aryl methyl sites for hydroxylation is 2. The number of carbonyl (C=O) groups is 1. The zero-order valence-electron chi connectivity index (χ0n) is 14.8. The lowest BCUT2D eigenvalue weighted by Crippen LogP contribution is -2.34. The first kappa shape index (κ1) is 18.1. The summed E-state index contributed by atoms with van der Waals surface area (Å²) in [6.07, 6.45) is 5.57. The Bertz CT molecular complexity index is 810. The van der Waals surface area contributed by atoms with E-state index in [-0.39, 0.29) is 18.0 Å². The highest BCUT2D eigenvalue weighted by Gasteiger charge is 2.21. The molecule has 2 heterocycles. The number of nitrogens with zero attached hydrogens (tertiary/aromatic N) is 2. The zero-order valence-corrected chi connectivity index (χ0v) is 15.7. The summed E-state index contributed by atoms with van der Waals surface area (Å²) in [5.41, 5.74) is 1.04. The van der Waals surface area contributed by atoms with Crippen LogP contribution in [0.4, 0.5) is 0 Å². The predicted molar refractivity (Wildman–Crippen MR) is 99.2 cm³/mol. The van der Waals surface area contributed by atoms with Crippen LogP contribution in [0.15, 0.2) is 11.1 Å². The van der Waals surface area contributed by atoms with Crippen LogP contribution in [0, 0.1) is 5.92 Å². The largest absolute Gasteiger partial charge is 0.380 e. The van der Waals surface area contributed by atoms with Crippen LogP contribution in [0.5, 0.6) is 0 Å². The van der Waals surface area contributed by atoms with Gasteiger partial charge in [-0.25, -0.2) is 4.98 Å². The Kier molecular flexibility index (Phi) is 5.86. The van der Waals surface area contributed by atoms with Crippen LogP contribution in [0.1, 0.15) is 37.1 Å². The average Bonchev–Trinajstić information content (AvgIpc) is 3.14. The maximum Gasteiger partial charge on any atom is 0.262 e. The van der Waals surface area contributed by atoms with Crippen molar-refractivity contribution in [2.24, 2.45) is 5.92 Å². The molecule has 1 aliphatic carbocycles. The molecule has 6 nitrogen and oxygen atoms in total. The van der Waals surface area contributed by atoms with Crippen molar-refractivity contribution in [1.29, 1.82) is 0 Å². The van der Waals surface area contributed by atoms with E-state index >= 15 is 0 Å². The molecular weight excluding hydrogens is 338 g/mol. The van der Waals surface area contributed by atoms with Crippen molar-refractivity contribution in [3.8, 4) is 0 Å². The van der Waals surface area contributed by atoms with E-state index in [4.69, 9.17) is 4.74 Å². The number of carbonyl (C=O) groups excluding carboxylic acids is 1. The van der Waals surface area contributed by atoms with Gasteiger partial charge in [-0.2, -0.15) is 0 Å². The molecule has 3 rings (SSSR count). The fourth-order valence-electron chi connectivity index (χ4n) is 3.03. The second-order valence-electron chi connectivity index (χ2n) is 6.86. The van der Waals surface area contributed by atoms with Crippen molar-refractivity contribution < 1.29 is 9.53 Å². The number of aromatic nitrogens is 2. The van der Waals surface area contributed by atoms with E-state index in [1.54, 1.807) is 11.3 Å². The van der Waals surface area contributed by atoms with E-state index in [1.165, 1.54) is 15.8 Å². The van der Waals surface area contributed by atoms with Gasteiger partial charge in [-0.3, -0.25) is 14.2 Å². The Balaban J connectivity index is 1.55. The van der Waals surface area contributed by atoms with Crippen LogP contribution < -0.4 is 10.9 Å². The molecule has 25 heavy (non-hydrogen) atoms. The van der Waals surface area contributed by atoms with Gasteiger partial charge < -0.3 is 10.1 Å². The third kappa shape index (κ3) is 4.27. The first-order valence-electron chi connectivity index (χ1n) is 8.90. The molecule has 0 saturated carbocycles. The van der Waals surface area contributed by atoms with Gasteiger partial charge in [0.2, 0.25) is 5.91 Å². The van der Waals surface area contributed by atoms with Crippen LogP contribution in [0.25, 0.3) is 10.2 Å². The van der Waals surface area contributed by atoms with Gasteiger partial charge in [0.05, 0.1) is 18.3 Å². The molecule has 136 valence electrons. The van der Waals surface area contributed by atoms with E-state index in [1.807, 2.05) is 0 Å². The average molecular weight is 363 g/mol. The normalized spacial score (nSPS) is 13.6. The van der Waals surface area contributed by atoms with Crippen molar-refractivity contribution in [2.75, 3.05) is 19.8 Å². The van der Waals surface area contributed by atoms with Gasteiger partial charge >= 0.3 is 0 Å².